The van der Waals surface area contributed by atoms with E-state index in [1.54, 1.807) is 0 Å². The maximum Gasteiger partial charge on any atom is 0.0121 e. The van der Waals surface area contributed by atoms with Crippen molar-refractivity contribution in [1.29, 1.82) is 0 Å². The third-order valence-electron chi connectivity index (χ3n) is 3.66. The van der Waals surface area contributed by atoms with Crippen LogP contribution in [0.3, 0.4) is 0 Å². The van der Waals surface area contributed by atoms with Crippen LogP contribution in [0.1, 0.15) is 46.5 Å². The van der Waals surface area contributed by atoms with E-state index in [-0.39, 0.29) is 0 Å². The van der Waals surface area contributed by atoms with Gasteiger partial charge in [-0.05, 0) is 39.2 Å². The minimum absolute atomic E-state index is 0.803. The monoisotopic (exact) mass is 169 g/mol. The fraction of sp³-hybridized carbons (Fsp3) is 1.00. The standard InChI is InChI=1S/C11H23N/c1-5-10-8-7-9(3)12(4)11(10)6-2/h9-11H,5-8H2,1-4H3. The van der Waals surface area contributed by atoms with Crippen LogP contribution in [0.15, 0.2) is 0 Å². The van der Waals surface area contributed by atoms with Gasteiger partial charge in [0, 0.05) is 12.1 Å². The van der Waals surface area contributed by atoms with E-state index in [9.17, 15) is 0 Å². The van der Waals surface area contributed by atoms with Crippen molar-refractivity contribution in [3.63, 3.8) is 0 Å². The molecule has 1 aliphatic heterocycles. The Morgan fingerprint density at radius 1 is 1.17 bits per heavy atom. The fourth-order valence-corrected chi connectivity index (χ4v) is 2.61. The molecular weight excluding hydrogens is 146 g/mol. The van der Waals surface area contributed by atoms with Gasteiger partial charge in [-0.15, -0.1) is 0 Å². The Hall–Kier alpha value is -0.0400. The molecule has 3 unspecified atom stereocenters. The molecule has 72 valence electrons. The molecule has 1 rings (SSSR count). The highest BCUT2D eigenvalue weighted by Gasteiger charge is 2.30. The second-order valence-corrected chi connectivity index (χ2v) is 4.24. The average Bonchev–Trinajstić information content (AvgIpc) is 2.09. The Morgan fingerprint density at radius 3 is 2.33 bits per heavy atom. The maximum absolute atomic E-state index is 2.58. The predicted molar refractivity (Wildman–Crippen MR) is 54.3 cm³/mol. The molecule has 1 saturated heterocycles. The molecule has 0 saturated carbocycles. The van der Waals surface area contributed by atoms with E-state index in [1.165, 1.54) is 25.7 Å². The van der Waals surface area contributed by atoms with E-state index < -0.39 is 0 Å². The average molecular weight is 169 g/mol. The largest absolute Gasteiger partial charge is 0.300 e. The van der Waals surface area contributed by atoms with Gasteiger partial charge >= 0.3 is 0 Å². The van der Waals surface area contributed by atoms with E-state index in [4.69, 9.17) is 0 Å². The summed E-state index contributed by atoms with van der Waals surface area (Å²) in [6, 6.07) is 1.65. The van der Waals surface area contributed by atoms with Crippen molar-refractivity contribution < 1.29 is 0 Å². The Morgan fingerprint density at radius 2 is 1.83 bits per heavy atom. The van der Waals surface area contributed by atoms with Crippen LogP contribution >= 0.6 is 0 Å². The number of piperidine rings is 1. The van der Waals surface area contributed by atoms with Crippen molar-refractivity contribution >= 4 is 0 Å². The first-order chi connectivity index (χ1) is 5.70. The minimum atomic E-state index is 0.803. The van der Waals surface area contributed by atoms with Crippen molar-refractivity contribution in [2.45, 2.75) is 58.5 Å². The molecule has 1 fully saturated rings. The Kier molecular flexibility index (Phi) is 3.57. The van der Waals surface area contributed by atoms with Crippen molar-refractivity contribution in [2.24, 2.45) is 5.92 Å². The second kappa shape index (κ2) is 4.27. The fourth-order valence-electron chi connectivity index (χ4n) is 2.61. The Balaban J connectivity index is 2.58. The summed E-state index contributed by atoms with van der Waals surface area (Å²) in [5.41, 5.74) is 0. The van der Waals surface area contributed by atoms with Crippen molar-refractivity contribution in [3.8, 4) is 0 Å². The molecule has 0 aromatic carbocycles. The highest BCUT2D eigenvalue weighted by Crippen LogP contribution is 2.30. The molecule has 0 amide bonds. The number of hydrogen-bond donors (Lipinski definition) is 0. The van der Waals surface area contributed by atoms with Gasteiger partial charge in [-0.2, -0.15) is 0 Å². The van der Waals surface area contributed by atoms with Gasteiger partial charge in [-0.3, -0.25) is 0 Å². The molecule has 12 heavy (non-hydrogen) atoms. The van der Waals surface area contributed by atoms with Crippen LogP contribution in [0.2, 0.25) is 0 Å². The molecule has 1 nitrogen and oxygen atoms in total. The van der Waals surface area contributed by atoms with Gasteiger partial charge in [-0.25, -0.2) is 0 Å². The third-order valence-corrected chi connectivity index (χ3v) is 3.66. The lowest BCUT2D eigenvalue weighted by molar-refractivity contribution is 0.0683. The molecule has 0 radical (unpaired) electrons. The van der Waals surface area contributed by atoms with Crippen molar-refractivity contribution in [2.75, 3.05) is 7.05 Å². The zero-order valence-corrected chi connectivity index (χ0v) is 9.01. The van der Waals surface area contributed by atoms with Crippen LogP contribution in [0.5, 0.6) is 0 Å². The van der Waals surface area contributed by atoms with E-state index in [0.717, 1.165) is 18.0 Å². The lowest BCUT2D eigenvalue weighted by Crippen LogP contribution is -2.46. The highest BCUT2D eigenvalue weighted by atomic mass is 15.2. The number of likely N-dealkylation sites (tertiary alicyclic amines) is 1. The zero-order chi connectivity index (χ0) is 9.14. The normalized spacial score (nSPS) is 38.5. The van der Waals surface area contributed by atoms with Crippen molar-refractivity contribution in [1.82, 2.24) is 4.90 Å². The molecule has 0 N–H and O–H groups in total. The second-order valence-electron chi connectivity index (χ2n) is 4.24. The number of rotatable bonds is 2. The first-order valence-corrected chi connectivity index (χ1v) is 5.42. The van der Waals surface area contributed by atoms with E-state index in [2.05, 4.69) is 32.7 Å². The van der Waals surface area contributed by atoms with Gasteiger partial charge in [0.25, 0.3) is 0 Å². The summed E-state index contributed by atoms with van der Waals surface area (Å²) in [4.78, 5) is 2.58. The van der Waals surface area contributed by atoms with Crippen molar-refractivity contribution in [3.05, 3.63) is 0 Å². The van der Waals surface area contributed by atoms with Gasteiger partial charge in [0.2, 0.25) is 0 Å². The third kappa shape index (κ3) is 1.82. The Labute approximate surface area is 77.1 Å². The van der Waals surface area contributed by atoms with Gasteiger partial charge in [0.1, 0.15) is 0 Å². The van der Waals surface area contributed by atoms with E-state index in [0.29, 0.717) is 0 Å². The molecule has 0 aromatic rings. The van der Waals surface area contributed by atoms with Gasteiger partial charge < -0.3 is 4.90 Å². The molecule has 1 heterocycles. The van der Waals surface area contributed by atoms with E-state index >= 15 is 0 Å². The first-order valence-electron chi connectivity index (χ1n) is 5.42. The van der Waals surface area contributed by atoms with Crippen LogP contribution in [0.25, 0.3) is 0 Å². The lowest BCUT2D eigenvalue weighted by Gasteiger charge is -2.42. The van der Waals surface area contributed by atoms with Crippen LogP contribution in [-0.2, 0) is 0 Å². The summed E-state index contributed by atoms with van der Waals surface area (Å²) in [5, 5.41) is 0. The lowest BCUT2D eigenvalue weighted by atomic mass is 9.83. The Bertz CT molecular complexity index is 131. The summed E-state index contributed by atoms with van der Waals surface area (Å²) in [6.07, 6.45) is 5.51. The summed E-state index contributed by atoms with van der Waals surface area (Å²) < 4.78 is 0. The van der Waals surface area contributed by atoms with Crippen LogP contribution in [0.4, 0.5) is 0 Å². The number of hydrogen-bond acceptors (Lipinski definition) is 1. The van der Waals surface area contributed by atoms with Crippen LogP contribution < -0.4 is 0 Å². The quantitative estimate of drug-likeness (QED) is 0.614. The molecule has 0 bridgehead atoms. The molecule has 3 atom stereocenters. The summed E-state index contributed by atoms with van der Waals surface area (Å²) in [6.45, 7) is 7.01. The topological polar surface area (TPSA) is 3.24 Å². The van der Waals surface area contributed by atoms with Crippen LogP contribution in [0, 0.1) is 5.92 Å². The number of nitrogens with zero attached hydrogens (tertiary/aromatic N) is 1. The summed E-state index contributed by atoms with van der Waals surface area (Å²) >= 11 is 0. The molecular formula is C11H23N. The van der Waals surface area contributed by atoms with Gasteiger partial charge in [-0.1, -0.05) is 20.3 Å². The molecule has 0 aromatic heterocycles. The first kappa shape index (κ1) is 10.0. The van der Waals surface area contributed by atoms with E-state index in [1.807, 2.05) is 0 Å². The predicted octanol–water partition coefficient (Wildman–Crippen LogP) is 2.91. The SMILES string of the molecule is CCC1CCC(C)N(C)C1CC. The molecule has 0 spiro atoms. The molecule has 1 heteroatoms. The maximum atomic E-state index is 2.58. The van der Waals surface area contributed by atoms with Gasteiger partial charge in [0.15, 0.2) is 0 Å². The zero-order valence-electron chi connectivity index (χ0n) is 9.01. The molecule has 1 aliphatic rings. The minimum Gasteiger partial charge on any atom is -0.300 e. The smallest absolute Gasteiger partial charge is 0.0121 e. The van der Waals surface area contributed by atoms with Crippen LogP contribution in [-0.4, -0.2) is 24.0 Å². The van der Waals surface area contributed by atoms with Gasteiger partial charge in [0.05, 0.1) is 0 Å². The summed E-state index contributed by atoms with van der Waals surface area (Å²) in [7, 11) is 2.29. The summed E-state index contributed by atoms with van der Waals surface area (Å²) in [5.74, 6) is 0.955. The molecule has 0 aliphatic carbocycles. The highest BCUT2D eigenvalue weighted by molar-refractivity contribution is 4.84.